The molecule has 2 rings (SSSR count). The van der Waals surface area contributed by atoms with E-state index in [1.54, 1.807) is 0 Å². The molecule has 0 aliphatic heterocycles. The number of alkyl carbamates (subject to hydrolysis) is 1. The third-order valence-electron chi connectivity index (χ3n) is 4.68. The highest BCUT2D eigenvalue weighted by molar-refractivity contribution is 5.68. The van der Waals surface area contributed by atoms with Crippen molar-refractivity contribution in [2.24, 2.45) is 5.92 Å². The van der Waals surface area contributed by atoms with Crippen LogP contribution in [0.15, 0.2) is 54.6 Å². The summed E-state index contributed by atoms with van der Waals surface area (Å²) in [6, 6.07) is 17.7. The van der Waals surface area contributed by atoms with Crippen LogP contribution in [0.2, 0.25) is 0 Å². The Balaban J connectivity index is 1.98. The molecule has 32 heavy (non-hydrogen) atoms. The lowest BCUT2D eigenvalue weighted by Gasteiger charge is -2.27. The molecule has 0 aliphatic rings. The molecule has 2 aromatic rings. The molecular weight excluding hydrogens is 404 g/mol. The number of carbonyl (C=O) groups excluding carboxylic acids is 1. The van der Waals surface area contributed by atoms with Crippen molar-refractivity contribution in [1.29, 1.82) is 0 Å². The molecule has 0 radical (unpaired) electrons. The first-order valence-corrected chi connectivity index (χ1v) is 11.3. The molecule has 2 atom stereocenters. The van der Waals surface area contributed by atoms with Gasteiger partial charge < -0.3 is 25.2 Å². The lowest BCUT2D eigenvalue weighted by Crippen LogP contribution is -2.46. The molecule has 6 nitrogen and oxygen atoms in total. The molecule has 0 heterocycles. The van der Waals surface area contributed by atoms with Gasteiger partial charge in [0.25, 0.3) is 0 Å². The van der Waals surface area contributed by atoms with Gasteiger partial charge in [-0.3, -0.25) is 0 Å². The summed E-state index contributed by atoms with van der Waals surface area (Å²) < 4.78 is 11.5. The Hall–Kier alpha value is -2.57. The molecule has 0 aliphatic carbocycles. The van der Waals surface area contributed by atoms with Crippen LogP contribution in [0.1, 0.15) is 45.7 Å². The molecule has 6 heteroatoms. The van der Waals surface area contributed by atoms with E-state index in [0.717, 1.165) is 23.4 Å². The Kier molecular flexibility index (Phi) is 10.0. The summed E-state index contributed by atoms with van der Waals surface area (Å²) in [7, 11) is 0. The molecule has 0 saturated carbocycles. The summed E-state index contributed by atoms with van der Waals surface area (Å²) in [4.78, 5) is 12.3. The smallest absolute Gasteiger partial charge is 0.407 e. The maximum atomic E-state index is 12.3. The average molecular weight is 443 g/mol. The molecule has 176 valence electrons. The van der Waals surface area contributed by atoms with Gasteiger partial charge in [-0.15, -0.1) is 0 Å². The van der Waals surface area contributed by atoms with E-state index >= 15 is 0 Å². The monoisotopic (exact) mass is 442 g/mol. The van der Waals surface area contributed by atoms with E-state index in [-0.39, 0.29) is 0 Å². The van der Waals surface area contributed by atoms with Gasteiger partial charge in [-0.05, 0) is 56.5 Å². The summed E-state index contributed by atoms with van der Waals surface area (Å²) in [5.74, 6) is 1.23. The number of hydrogen-bond donors (Lipinski definition) is 3. The van der Waals surface area contributed by atoms with Crippen molar-refractivity contribution in [3.05, 3.63) is 65.7 Å². The molecule has 0 fully saturated rings. The quantitative estimate of drug-likeness (QED) is 0.483. The summed E-state index contributed by atoms with van der Waals surface area (Å²) in [6.07, 6.45) is -1.63. The second kappa shape index (κ2) is 12.5. The standard InChI is InChI=1S/C26H38N2O4/c1-19(2)16-27-17-23(29)24(32-25(30)28-26(3,4)5)15-20-11-13-22(14-12-20)31-18-21-9-7-6-8-10-21/h6-14,19,23-24,27,29H,15-18H2,1-5H3,(H,28,30)/t23-,24+/m1/s1. The van der Waals surface area contributed by atoms with Gasteiger partial charge >= 0.3 is 6.09 Å². The van der Waals surface area contributed by atoms with E-state index in [9.17, 15) is 9.90 Å². The Bertz CT molecular complexity index is 801. The van der Waals surface area contributed by atoms with Gasteiger partial charge in [0.1, 0.15) is 24.6 Å². The molecular formula is C26H38N2O4. The van der Waals surface area contributed by atoms with Crippen LogP contribution in [-0.4, -0.2) is 42.0 Å². The first-order valence-electron chi connectivity index (χ1n) is 11.3. The zero-order valence-electron chi connectivity index (χ0n) is 19.9. The van der Waals surface area contributed by atoms with Crippen molar-refractivity contribution in [3.63, 3.8) is 0 Å². The highest BCUT2D eigenvalue weighted by atomic mass is 16.6. The number of amides is 1. The van der Waals surface area contributed by atoms with Gasteiger partial charge in [-0.25, -0.2) is 4.79 Å². The second-order valence-corrected chi connectivity index (χ2v) is 9.56. The predicted octanol–water partition coefficient (Wildman–Crippen LogP) is 4.31. The second-order valence-electron chi connectivity index (χ2n) is 9.56. The number of benzene rings is 2. The first kappa shape index (κ1) is 25.7. The molecule has 1 amide bonds. The van der Waals surface area contributed by atoms with E-state index < -0.39 is 23.8 Å². The molecule has 0 unspecified atom stereocenters. The number of hydrogen-bond acceptors (Lipinski definition) is 5. The van der Waals surface area contributed by atoms with Crippen molar-refractivity contribution < 1.29 is 19.4 Å². The van der Waals surface area contributed by atoms with Crippen LogP contribution in [0, 0.1) is 5.92 Å². The van der Waals surface area contributed by atoms with E-state index in [2.05, 4.69) is 24.5 Å². The van der Waals surface area contributed by atoms with Crippen LogP contribution in [0.4, 0.5) is 4.79 Å². The number of carbonyl (C=O) groups is 1. The minimum Gasteiger partial charge on any atom is -0.489 e. The third-order valence-corrected chi connectivity index (χ3v) is 4.68. The summed E-state index contributed by atoms with van der Waals surface area (Å²) >= 11 is 0. The number of aliphatic hydroxyl groups is 1. The highest BCUT2D eigenvalue weighted by Crippen LogP contribution is 2.17. The number of rotatable bonds is 11. The fourth-order valence-electron chi connectivity index (χ4n) is 3.08. The molecule has 0 aromatic heterocycles. The first-order chi connectivity index (χ1) is 15.1. The van der Waals surface area contributed by atoms with Gasteiger partial charge in [-0.2, -0.15) is 0 Å². The van der Waals surface area contributed by atoms with Crippen LogP contribution in [0.25, 0.3) is 0 Å². The Labute approximate surface area is 192 Å². The predicted molar refractivity (Wildman–Crippen MR) is 128 cm³/mol. The molecule has 0 spiro atoms. The molecule has 0 saturated heterocycles. The molecule has 0 bridgehead atoms. The largest absolute Gasteiger partial charge is 0.489 e. The van der Waals surface area contributed by atoms with Gasteiger partial charge in [-0.1, -0.05) is 56.3 Å². The van der Waals surface area contributed by atoms with Crippen LogP contribution in [-0.2, 0) is 17.8 Å². The lowest BCUT2D eigenvalue weighted by molar-refractivity contribution is 0.00137. The zero-order valence-corrected chi connectivity index (χ0v) is 19.9. The van der Waals surface area contributed by atoms with Crippen LogP contribution in [0.5, 0.6) is 5.75 Å². The number of aliphatic hydroxyl groups excluding tert-OH is 1. The Morgan fingerprint density at radius 2 is 1.62 bits per heavy atom. The van der Waals surface area contributed by atoms with Gasteiger partial charge in [0.15, 0.2) is 0 Å². The van der Waals surface area contributed by atoms with Crippen molar-refractivity contribution >= 4 is 6.09 Å². The van der Waals surface area contributed by atoms with E-state index in [1.165, 1.54) is 0 Å². The van der Waals surface area contributed by atoms with Gasteiger partial charge in [0.05, 0.1) is 0 Å². The van der Waals surface area contributed by atoms with Gasteiger partial charge in [0.2, 0.25) is 0 Å². The fraction of sp³-hybridized carbons (Fsp3) is 0.500. The Morgan fingerprint density at radius 3 is 2.22 bits per heavy atom. The Morgan fingerprint density at radius 1 is 0.969 bits per heavy atom. The fourth-order valence-corrected chi connectivity index (χ4v) is 3.08. The minimum atomic E-state index is -0.825. The minimum absolute atomic E-state index is 0.351. The lowest BCUT2D eigenvalue weighted by atomic mass is 10.0. The van der Waals surface area contributed by atoms with E-state index in [0.29, 0.717) is 25.5 Å². The van der Waals surface area contributed by atoms with E-state index in [4.69, 9.17) is 9.47 Å². The van der Waals surface area contributed by atoms with Crippen LogP contribution < -0.4 is 15.4 Å². The van der Waals surface area contributed by atoms with Crippen molar-refractivity contribution in [2.75, 3.05) is 13.1 Å². The highest BCUT2D eigenvalue weighted by Gasteiger charge is 2.25. The molecule has 2 aromatic carbocycles. The van der Waals surface area contributed by atoms with E-state index in [1.807, 2.05) is 75.4 Å². The van der Waals surface area contributed by atoms with Crippen molar-refractivity contribution in [3.8, 4) is 5.75 Å². The average Bonchev–Trinajstić information content (AvgIpc) is 2.72. The third kappa shape index (κ3) is 10.2. The van der Waals surface area contributed by atoms with Gasteiger partial charge in [0, 0.05) is 18.5 Å². The van der Waals surface area contributed by atoms with Crippen LogP contribution >= 0.6 is 0 Å². The number of ether oxygens (including phenoxy) is 2. The SMILES string of the molecule is CC(C)CNC[C@@H](O)[C@H](Cc1ccc(OCc2ccccc2)cc1)OC(=O)NC(C)(C)C. The summed E-state index contributed by atoms with van der Waals surface area (Å²) in [5, 5.41) is 16.7. The topological polar surface area (TPSA) is 79.8 Å². The maximum absolute atomic E-state index is 12.3. The van der Waals surface area contributed by atoms with Crippen LogP contribution in [0.3, 0.4) is 0 Å². The van der Waals surface area contributed by atoms with Crippen molar-refractivity contribution in [1.82, 2.24) is 10.6 Å². The zero-order chi connectivity index (χ0) is 23.6. The maximum Gasteiger partial charge on any atom is 0.407 e. The summed E-state index contributed by atoms with van der Waals surface area (Å²) in [6.45, 7) is 11.5. The van der Waals surface area contributed by atoms with Crippen molar-refractivity contribution in [2.45, 2.75) is 65.4 Å². The number of nitrogens with one attached hydrogen (secondary N) is 2. The summed E-state index contributed by atoms with van der Waals surface area (Å²) in [5.41, 5.74) is 1.64. The molecule has 3 N–H and O–H groups in total. The normalized spacial score (nSPS) is 13.5.